The van der Waals surface area contributed by atoms with Gasteiger partial charge in [-0.3, -0.25) is 0 Å². The topological polar surface area (TPSA) is 49.7 Å². The van der Waals surface area contributed by atoms with E-state index < -0.39 is 5.87 Å². The Morgan fingerprint density at radius 3 is 2.18 bits per heavy atom. The highest BCUT2D eigenvalue weighted by atomic mass is 16.8. The van der Waals surface area contributed by atoms with E-state index in [4.69, 9.17) is 14.9 Å². The van der Waals surface area contributed by atoms with Gasteiger partial charge in [0.15, 0.2) is 0 Å². The fourth-order valence-electron chi connectivity index (χ4n) is 0.712. The standard InChI is InChI=1S/C7H9BO3/c8-7(9,10)11-6-4-2-1-3-5-6/h1-5,9-10H,8H2. The smallest absolute Gasteiger partial charge is 0.266 e. The predicted octanol–water partition coefficient (Wildman–Crippen LogP) is -0.706. The fraction of sp³-hybridized carbons (Fsp3) is 0.143. The SMILES string of the molecule is BC(O)(O)Oc1ccccc1. The van der Waals surface area contributed by atoms with Crippen LogP contribution in [0.1, 0.15) is 0 Å². The number of benzene rings is 1. The van der Waals surface area contributed by atoms with E-state index in [-0.39, 0.29) is 0 Å². The Hall–Kier alpha value is -0.995. The lowest BCUT2D eigenvalue weighted by Gasteiger charge is -2.17. The number of rotatable bonds is 2. The summed E-state index contributed by atoms with van der Waals surface area (Å²) >= 11 is 0. The number of para-hydroxylation sites is 1. The Morgan fingerprint density at radius 2 is 1.73 bits per heavy atom. The van der Waals surface area contributed by atoms with Crippen molar-refractivity contribution in [1.29, 1.82) is 0 Å². The molecule has 0 spiro atoms. The molecule has 0 saturated heterocycles. The molecule has 1 aromatic carbocycles. The van der Waals surface area contributed by atoms with Crippen molar-refractivity contribution in [2.24, 2.45) is 0 Å². The highest BCUT2D eigenvalue weighted by Crippen LogP contribution is 2.11. The molecule has 0 aliphatic rings. The minimum atomic E-state index is -2.10. The van der Waals surface area contributed by atoms with Crippen LogP contribution in [0.5, 0.6) is 5.75 Å². The molecule has 0 aliphatic heterocycles. The van der Waals surface area contributed by atoms with E-state index in [2.05, 4.69) is 0 Å². The Morgan fingerprint density at radius 1 is 1.18 bits per heavy atom. The first kappa shape index (κ1) is 8.10. The minimum absolute atomic E-state index is 0.431. The summed E-state index contributed by atoms with van der Waals surface area (Å²) in [4.78, 5) is 0. The first-order valence-corrected chi connectivity index (χ1v) is 3.27. The Balaban J connectivity index is 2.66. The van der Waals surface area contributed by atoms with Crippen molar-refractivity contribution in [3.05, 3.63) is 30.3 Å². The van der Waals surface area contributed by atoms with Gasteiger partial charge in [-0.05, 0) is 12.1 Å². The molecule has 3 nitrogen and oxygen atoms in total. The van der Waals surface area contributed by atoms with Crippen molar-refractivity contribution in [2.45, 2.75) is 5.87 Å². The molecule has 0 fully saturated rings. The lowest BCUT2D eigenvalue weighted by Crippen LogP contribution is -2.35. The van der Waals surface area contributed by atoms with E-state index in [1.54, 1.807) is 24.3 Å². The van der Waals surface area contributed by atoms with Gasteiger partial charge in [0.1, 0.15) is 5.75 Å². The molecule has 0 aliphatic carbocycles. The molecule has 0 aromatic heterocycles. The van der Waals surface area contributed by atoms with Crippen LogP contribution in [0.15, 0.2) is 30.3 Å². The van der Waals surface area contributed by atoms with Gasteiger partial charge in [-0.2, -0.15) is 0 Å². The molecule has 0 atom stereocenters. The molecule has 4 heteroatoms. The fourth-order valence-corrected chi connectivity index (χ4v) is 0.712. The number of aliphatic hydroxyl groups is 2. The molecule has 0 bridgehead atoms. The summed E-state index contributed by atoms with van der Waals surface area (Å²) in [6.07, 6.45) is 0. The first-order valence-electron chi connectivity index (χ1n) is 3.27. The third kappa shape index (κ3) is 3.07. The maximum atomic E-state index is 8.80. The first-order chi connectivity index (χ1) is 5.08. The molecule has 1 aromatic rings. The van der Waals surface area contributed by atoms with Crippen LogP contribution in [-0.4, -0.2) is 23.9 Å². The maximum absolute atomic E-state index is 8.80. The largest absolute Gasteiger partial charge is 0.448 e. The van der Waals surface area contributed by atoms with Gasteiger partial charge in [0.25, 0.3) is 5.87 Å². The Labute approximate surface area is 65.7 Å². The molecule has 0 radical (unpaired) electrons. The predicted molar refractivity (Wildman–Crippen MR) is 42.8 cm³/mol. The monoisotopic (exact) mass is 152 g/mol. The van der Waals surface area contributed by atoms with Gasteiger partial charge in [0.05, 0.1) is 0 Å². The number of ether oxygens (including phenoxy) is 1. The summed E-state index contributed by atoms with van der Waals surface area (Å²) in [5, 5.41) is 17.6. The summed E-state index contributed by atoms with van der Waals surface area (Å²) < 4.78 is 4.71. The average Bonchev–Trinajstić information content (AvgIpc) is 1.85. The van der Waals surface area contributed by atoms with Crippen LogP contribution in [0.2, 0.25) is 0 Å². The summed E-state index contributed by atoms with van der Waals surface area (Å²) in [6, 6.07) is 8.61. The lowest BCUT2D eigenvalue weighted by atomic mass is 10.1. The molecule has 58 valence electrons. The molecule has 2 N–H and O–H groups in total. The quantitative estimate of drug-likeness (QED) is 0.434. The van der Waals surface area contributed by atoms with Crippen molar-refractivity contribution in [3.63, 3.8) is 0 Å². The normalized spacial score (nSPS) is 11.1. The van der Waals surface area contributed by atoms with Gasteiger partial charge < -0.3 is 14.9 Å². The average molecular weight is 152 g/mol. The van der Waals surface area contributed by atoms with E-state index in [0.29, 0.717) is 5.75 Å². The van der Waals surface area contributed by atoms with Crippen LogP contribution in [0.25, 0.3) is 0 Å². The molecule has 11 heavy (non-hydrogen) atoms. The van der Waals surface area contributed by atoms with Crippen LogP contribution < -0.4 is 4.74 Å². The van der Waals surface area contributed by atoms with E-state index in [9.17, 15) is 0 Å². The third-order valence-electron chi connectivity index (χ3n) is 1.05. The van der Waals surface area contributed by atoms with Crippen LogP contribution in [0, 0.1) is 0 Å². The zero-order chi connectivity index (χ0) is 8.32. The molecular weight excluding hydrogens is 143 g/mol. The summed E-state index contributed by atoms with van der Waals surface area (Å²) in [5.74, 6) is -1.67. The molecule has 0 heterocycles. The molecule has 0 amide bonds. The second-order valence-corrected chi connectivity index (χ2v) is 2.35. The zero-order valence-corrected chi connectivity index (χ0v) is 6.19. The van der Waals surface area contributed by atoms with Crippen molar-refractivity contribution >= 4 is 7.85 Å². The van der Waals surface area contributed by atoms with Crippen molar-refractivity contribution < 1.29 is 14.9 Å². The second kappa shape index (κ2) is 2.94. The van der Waals surface area contributed by atoms with Crippen LogP contribution in [0.4, 0.5) is 0 Å². The van der Waals surface area contributed by atoms with Crippen LogP contribution in [0.3, 0.4) is 0 Å². The zero-order valence-electron chi connectivity index (χ0n) is 6.19. The Kier molecular flexibility index (Phi) is 2.17. The van der Waals surface area contributed by atoms with Crippen LogP contribution >= 0.6 is 0 Å². The van der Waals surface area contributed by atoms with Gasteiger partial charge in [0, 0.05) is 0 Å². The second-order valence-electron chi connectivity index (χ2n) is 2.35. The van der Waals surface area contributed by atoms with E-state index in [1.165, 1.54) is 0 Å². The van der Waals surface area contributed by atoms with Crippen molar-refractivity contribution in [3.8, 4) is 5.75 Å². The minimum Gasteiger partial charge on any atom is -0.448 e. The molecule has 1 rings (SSSR count). The summed E-state index contributed by atoms with van der Waals surface area (Å²) in [7, 11) is 1.15. The molecular formula is C7H9BO3. The van der Waals surface area contributed by atoms with Crippen LogP contribution in [-0.2, 0) is 0 Å². The van der Waals surface area contributed by atoms with Crippen molar-refractivity contribution in [2.75, 3.05) is 0 Å². The molecule has 0 saturated carbocycles. The van der Waals surface area contributed by atoms with Gasteiger partial charge >= 0.3 is 0 Å². The number of hydrogen-bond acceptors (Lipinski definition) is 3. The number of hydrogen-bond donors (Lipinski definition) is 2. The summed E-state index contributed by atoms with van der Waals surface area (Å²) in [6.45, 7) is 0. The van der Waals surface area contributed by atoms with Gasteiger partial charge in [-0.15, -0.1) is 0 Å². The van der Waals surface area contributed by atoms with Crippen molar-refractivity contribution in [1.82, 2.24) is 0 Å². The van der Waals surface area contributed by atoms with Gasteiger partial charge in [-0.25, -0.2) is 0 Å². The van der Waals surface area contributed by atoms with E-state index in [1.807, 2.05) is 6.07 Å². The van der Waals surface area contributed by atoms with Gasteiger partial charge in [-0.1, -0.05) is 18.2 Å². The Bertz CT molecular complexity index is 217. The third-order valence-corrected chi connectivity index (χ3v) is 1.05. The maximum Gasteiger partial charge on any atom is 0.266 e. The van der Waals surface area contributed by atoms with E-state index >= 15 is 0 Å². The van der Waals surface area contributed by atoms with Gasteiger partial charge in [0.2, 0.25) is 7.85 Å². The highest BCUT2D eigenvalue weighted by Gasteiger charge is 2.15. The highest BCUT2D eigenvalue weighted by molar-refractivity contribution is 6.11. The summed E-state index contributed by atoms with van der Waals surface area (Å²) in [5.41, 5.74) is 0. The van der Waals surface area contributed by atoms with E-state index in [0.717, 1.165) is 7.85 Å². The lowest BCUT2D eigenvalue weighted by molar-refractivity contribution is -0.223. The molecule has 0 unspecified atom stereocenters.